The van der Waals surface area contributed by atoms with E-state index in [0.717, 1.165) is 5.39 Å². The topological polar surface area (TPSA) is 70.6 Å². The normalized spacial score (nSPS) is 10.3. The SMILES string of the molecule is COCNC(=O)Nc1cccc2c(O)cccc12. The molecular weight excluding hydrogens is 232 g/mol. The van der Waals surface area contributed by atoms with Crippen LogP contribution in [-0.2, 0) is 4.74 Å². The highest BCUT2D eigenvalue weighted by molar-refractivity contribution is 6.03. The fraction of sp³-hybridized carbons (Fsp3) is 0.154. The maximum atomic E-state index is 11.5. The van der Waals surface area contributed by atoms with E-state index in [4.69, 9.17) is 4.74 Å². The van der Waals surface area contributed by atoms with E-state index >= 15 is 0 Å². The molecule has 3 N–H and O–H groups in total. The number of phenols is 1. The lowest BCUT2D eigenvalue weighted by atomic mass is 10.1. The molecule has 2 rings (SSSR count). The predicted octanol–water partition coefficient (Wildman–Crippen LogP) is 2.27. The third kappa shape index (κ3) is 2.52. The Labute approximate surface area is 104 Å². The molecule has 5 heteroatoms. The van der Waals surface area contributed by atoms with Crippen molar-refractivity contribution in [2.45, 2.75) is 0 Å². The van der Waals surface area contributed by atoms with Crippen LogP contribution in [0.25, 0.3) is 10.8 Å². The van der Waals surface area contributed by atoms with Gasteiger partial charge in [-0.2, -0.15) is 0 Å². The first-order valence-corrected chi connectivity index (χ1v) is 5.47. The number of urea groups is 1. The van der Waals surface area contributed by atoms with Crippen molar-refractivity contribution in [3.63, 3.8) is 0 Å². The molecule has 0 heterocycles. The number of phenolic OH excluding ortho intramolecular Hbond substituents is 1. The van der Waals surface area contributed by atoms with Crippen molar-refractivity contribution >= 4 is 22.5 Å². The highest BCUT2D eigenvalue weighted by Gasteiger charge is 2.06. The van der Waals surface area contributed by atoms with Gasteiger partial charge in [-0.1, -0.05) is 24.3 Å². The molecule has 0 radical (unpaired) electrons. The van der Waals surface area contributed by atoms with Crippen LogP contribution in [0.4, 0.5) is 10.5 Å². The van der Waals surface area contributed by atoms with Gasteiger partial charge in [-0.05, 0) is 12.1 Å². The predicted molar refractivity (Wildman–Crippen MR) is 69.6 cm³/mol. The quantitative estimate of drug-likeness (QED) is 0.727. The Morgan fingerprint density at radius 3 is 2.72 bits per heavy atom. The molecule has 0 atom stereocenters. The van der Waals surface area contributed by atoms with E-state index in [9.17, 15) is 9.90 Å². The minimum atomic E-state index is -0.354. The zero-order valence-electron chi connectivity index (χ0n) is 9.93. The fourth-order valence-corrected chi connectivity index (χ4v) is 1.71. The first-order valence-electron chi connectivity index (χ1n) is 5.47. The number of ether oxygens (including phenoxy) is 1. The summed E-state index contributed by atoms with van der Waals surface area (Å²) in [5, 5.41) is 16.4. The summed E-state index contributed by atoms with van der Waals surface area (Å²) in [5.41, 5.74) is 0.636. The Kier molecular flexibility index (Phi) is 3.64. The largest absolute Gasteiger partial charge is 0.507 e. The average molecular weight is 246 g/mol. The van der Waals surface area contributed by atoms with Gasteiger partial charge in [0, 0.05) is 17.9 Å². The lowest BCUT2D eigenvalue weighted by Gasteiger charge is -2.10. The first kappa shape index (κ1) is 12.2. The third-order valence-electron chi connectivity index (χ3n) is 2.52. The van der Waals surface area contributed by atoms with E-state index in [1.54, 1.807) is 30.3 Å². The number of methoxy groups -OCH3 is 1. The Hall–Kier alpha value is -2.27. The third-order valence-corrected chi connectivity index (χ3v) is 2.52. The lowest BCUT2D eigenvalue weighted by molar-refractivity contribution is 0.177. The number of hydrogen-bond acceptors (Lipinski definition) is 3. The molecule has 2 aromatic carbocycles. The van der Waals surface area contributed by atoms with E-state index in [2.05, 4.69) is 10.6 Å². The molecule has 5 nitrogen and oxygen atoms in total. The van der Waals surface area contributed by atoms with Crippen LogP contribution in [0, 0.1) is 0 Å². The number of carbonyl (C=O) groups is 1. The lowest BCUT2D eigenvalue weighted by Crippen LogP contribution is -2.30. The van der Waals surface area contributed by atoms with E-state index in [-0.39, 0.29) is 18.5 Å². The summed E-state index contributed by atoms with van der Waals surface area (Å²) >= 11 is 0. The number of rotatable bonds is 3. The molecule has 0 aliphatic carbocycles. The van der Waals surface area contributed by atoms with Crippen molar-refractivity contribution in [1.82, 2.24) is 5.32 Å². The van der Waals surface area contributed by atoms with Crippen LogP contribution in [0.15, 0.2) is 36.4 Å². The molecule has 0 saturated heterocycles. The molecule has 0 spiro atoms. The van der Waals surface area contributed by atoms with Crippen LogP contribution in [0.2, 0.25) is 0 Å². The molecule has 0 saturated carbocycles. The van der Waals surface area contributed by atoms with Crippen molar-refractivity contribution in [3.8, 4) is 5.75 Å². The maximum Gasteiger partial charge on any atom is 0.321 e. The molecule has 94 valence electrons. The summed E-state index contributed by atoms with van der Waals surface area (Å²) < 4.78 is 4.74. The molecular formula is C13H14N2O3. The van der Waals surface area contributed by atoms with Gasteiger partial charge in [-0.15, -0.1) is 0 Å². The fourth-order valence-electron chi connectivity index (χ4n) is 1.71. The highest BCUT2D eigenvalue weighted by atomic mass is 16.5. The molecule has 0 unspecified atom stereocenters. The number of amides is 2. The van der Waals surface area contributed by atoms with Gasteiger partial charge in [0.05, 0.1) is 5.69 Å². The van der Waals surface area contributed by atoms with Crippen LogP contribution in [-0.4, -0.2) is 25.0 Å². The van der Waals surface area contributed by atoms with Gasteiger partial charge in [0.2, 0.25) is 0 Å². The molecule has 0 fully saturated rings. The molecule has 0 bridgehead atoms. The minimum Gasteiger partial charge on any atom is -0.507 e. The number of anilines is 1. The molecule has 0 aromatic heterocycles. The number of carbonyl (C=O) groups excluding carboxylic acids is 1. The van der Waals surface area contributed by atoms with Crippen LogP contribution in [0.5, 0.6) is 5.75 Å². The summed E-state index contributed by atoms with van der Waals surface area (Å²) in [4.78, 5) is 11.5. The summed E-state index contributed by atoms with van der Waals surface area (Å²) in [7, 11) is 1.50. The van der Waals surface area contributed by atoms with Crippen molar-refractivity contribution < 1.29 is 14.6 Å². The van der Waals surface area contributed by atoms with Gasteiger partial charge in [-0.25, -0.2) is 4.79 Å². The number of benzene rings is 2. The maximum absolute atomic E-state index is 11.5. The van der Waals surface area contributed by atoms with E-state index in [1.165, 1.54) is 7.11 Å². The van der Waals surface area contributed by atoms with Gasteiger partial charge in [0.1, 0.15) is 12.5 Å². The van der Waals surface area contributed by atoms with Crippen LogP contribution < -0.4 is 10.6 Å². The summed E-state index contributed by atoms with van der Waals surface area (Å²) in [5.74, 6) is 0.188. The van der Waals surface area contributed by atoms with Crippen LogP contribution in [0.1, 0.15) is 0 Å². The zero-order valence-corrected chi connectivity index (χ0v) is 9.93. The summed E-state index contributed by atoms with van der Waals surface area (Å²) in [6.45, 7) is 0.141. The van der Waals surface area contributed by atoms with E-state index in [1.807, 2.05) is 6.07 Å². The van der Waals surface area contributed by atoms with Crippen LogP contribution in [0.3, 0.4) is 0 Å². The Morgan fingerprint density at radius 1 is 1.22 bits per heavy atom. The second-order valence-corrected chi connectivity index (χ2v) is 3.74. The summed E-state index contributed by atoms with van der Waals surface area (Å²) in [6.07, 6.45) is 0. The smallest absolute Gasteiger partial charge is 0.321 e. The van der Waals surface area contributed by atoms with Crippen molar-refractivity contribution in [1.29, 1.82) is 0 Å². The van der Waals surface area contributed by atoms with Gasteiger partial charge in [0.15, 0.2) is 0 Å². The monoisotopic (exact) mass is 246 g/mol. The van der Waals surface area contributed by atoms with Gasteiger partial charge in [-0.3, -0.25) is 0 Å². The molecule has 2 aromatic rings. The molecule has 2 amide bonds. The Morgan fingerprint density at radius 2 is 1.94 bits per heavy atom. The molecule has 18 heavy (non-hydrogen) atoms. The first-order chi connectivity index (χ1) is 8.72. The number of hydrogen-bond donors (Lipinski definition) is 3. The molecule has 0 aliphatic heterocycles. The second-order valence-electron chi connectivity index (χ2n) is 3.74. The van der Waals surface area contributed by atoms with Gasteiger partial charge in [0.25, 0.3) is 0 Å². The van der Waals surface area contributed by atoms with Gasteiger partial charge < -0.3 is 20.5 Å². The zero-order chi connectivity index (χ0) is 13.0. The van der Waals surface area contributed by atoms with Crippen molar-refractivity contribution in [2.24, 2.45) is 0 Å². The molecule has 0 aliphatic rings. The average Bonchev–Trinajstić information content (AvgIpc) is 2.38. The standard InChI is InChI=1S/C13H14N2O3/c1-18-8-14-13(17)15-11-6-2-5-10-9(11)4-3-7-12(10)16/h2-7,16H,8H2,1H3,(H2,14,15,17). The summed E-state index contributed by atoms with van der Waals surface area (Å²) in [6, 6.07) is 10.2. The van der Waals surface area contributed by atoms with Gasteiger partial charge >= 0.3 is 6.03 Å². The Balaban J connectivity index is 2.28. The number of nitrogens with one attached hydrogen (secondary N) is 2. The Bertz CT molecular complexity index is 569. The van der Waals surface area contributed by atoms with Crippen molar-refractivity contribution in [3.05, 3.63) is 36.4 Å². The number of aromatic hydroxyl groups is 1. The van der Waals surface area contributed by atoms with E-state index < -0.39 is 0 Å². The minimum absolute atomic E-state index is 0.141. The van der Waals surface area contributed by atoms with Crippen LogP contribution >= 0.6 is 0 Å². The number of fused-ring (bicyclic) bond motifs is 1. The van der Waals surface area contributed by atoms with Crippen molar-refractivity contribution in [2.75, 3.05) is 19.2 Å². The second kappa shape index (κ2) is 5.37. The highest BCUT2D eigenvalue weighted by Crippen LogP contribution is 2.29. The van der Waals surface area contributed by atoms with E-state index in [0.29, 0.717) is 11.1 Å².